The summed E-state index contributed by atoms with van der Waals surface area (Å²) in [5.41, 5.74) is 0. The summed E-state index contributed by atoms with van der Waals surface area (Å²) >= 11 is 3.90. The number of rotatable bonds is 7. The molecule has 6 nitrogen and oxygen atoms in total. The summed E-state index contributed by atoms with van der Waals surface area (Å²) in [6, 6.07) is 10.4. The molecule has 1 atom stereocenters. The van der Waals surface area contributed by atoms with Crippen molar-refractivity contribution in [2.75, 3.05) is 6.54 Å². The van der Waals surface area contributed by atoms with Crippen molar-refractivity contribution < 1.29 is 18.0 Å². The molecule has 1 unspecified atom stereocenters. The Hall–Kier alpha value is -2.01. The van der Waals surface area contributed by atoms with Crippen LogP contribution in [0, 0.1) is 0 Å². The smallest absolute Gasteiger partial charge is 0.309 e. The highest BCUT2D eigenvalue weighted by molar-refractivity contribution is 7.93. The monoisotopic (exact) mass is 440 g/mol. The summed E-state index contributed by atoms with van der Waals surface area (Å²) in [5, 5.41) is 9.38. The van der Waals surface area contributed by atoms with Crippen molar-refractivity contribution >= 4 is 55.7 Å². The molecular formula is C17H16N2O4S4. The third kappa shape index (κ3) is 4.83. The minimum Gasteiger partial charge on any atom is -0.346 e. The first-order chi connectivity index (χ1) is 13.0. The van der Waals surface area contributed by atoms with E-state index in [1.165, 1.54) is 28.7 Å². The highest BCUT2D eigenvalue weighted by Gasteiger charge is 2.31. The van der Waals surface area contributed by atoms with Crippen molar-refractivity contribution in [1.29, 1.82) is 0 Å². The first-order valence-electron chi connectivity index (χ1n) is 7.87. The van der Waals surface area contributed by atoms with Gasteiger partial charge >= 0.3 is 11.8 Å². The molecule has 0 bridgehead atoms. The first-order valence-corrected chi connectivity index (χ1v) is 12.1. The normalized spacial score (nSPS) is 12.4. The molecule has 0 saturated heterocycles. The maximum absolute atomic E-state index is 12.9. The molecule has 27 heavy (non-hydrogen) atoms. The number of sulfone groups is 1. The number of thiophene rings is 3. The van der Waals surface area contributed by atoms with E-state index in [1.807, 2.05) is 17.5 Å². The van der Waals surface area contributed by atoms with E-state index in [0.717, 1.165) is 16.2 Å². The Labute approximate surface area is 168 Å². The number of hydrogen-bond acceptors (Lipinski definition) is 7. The van der Waals surface area contributed by atoms with E-state index in [4.69, 9.17) is 0 Å². The Balaban J connectivity index is 1.66. The van der Waals surface area contributed by atoms with Crippen LogP contribution in [0.5, 0.6) is 0 Å². The lowest BCUT2D eigenvalue weighted by Gasteiger charge is -2.16. The molecule has 0 saturated carbocycles. The second-order valence-electron chi connectivity index (χ2n) is 5.45. The van der Waals surface area contributed by atoms with Gasteiger partial charge in [0.2, 0.25) is 0 Å². The quantitative estimate of drug-likeness (QED) is 0.553. The molecule has 3 rings (SSSR count). The zero-order valence-corrected chi connectivity index (χ0v) is 17.2. The lowest BCUT2D eigenvalue weighted by molar-refractivity contribution is -0.139. The van der Waals surface area contributed by atoms with Crippen molar-refractivity contribution in [3.63, 3.8) is 0 Å². The average Bonchev–Trinajstić information content (AvgIpc) is 3.42. The van der Waals surface area contributed by atoms with Crippen LogP contribution in [0.1, 0.15) is 15.0 Å². The van der Waals surface area contributed by atoms with Crippen LogP contribution in [-0.2, 0) is 26.0 Å². The van der Waals surface area contributed by atoms with Crippen LogP contribution in [0.25, 0.3) is 0 Å². The summed E-state index contributed by atoms with van der Waals surface area (Å²) < 4.78 is 26.1. The van der Waals surface area contributed by atoms with Crippen molar-refractivity contribution in [3.8, 4) is 0 Å². The molecule has 0 fully saturated rings. The molecule has 0 radical (unpaired) electrons. The summed E-state index contributed by atoms with van der Waals surface area (Å²) in [6.07, 6.45) is 0. The van der Waals surface area contributed by atoms with Gasteiger partial charge in [-0.15, -0.1) is 34.0 Å². The van der Waals surface area contributed by atoms with Gasteiger partial charge in [-0.2, -0.15) is 0 Å². The van der Waals surface area contributed by atoms with E-state index in [0.29, 0.717) is 4.88 Å². The van der Waals surface area contributed by atoms with Crippen molar-refractivity contribution in [2.24, 2.45) is 0 Å². The van der Waals surface area contributed by atoms with E-state index >= 15 is 0 Å². The Morgan fingerprint density at radius 3 is 2.19 bits per heavy atom. The van der Waals surface area contributed by atoms with Crippen molar-refractivity contribution in [2.45, 2.75) is 16.0 Å². The molecule has 3 aromatic heterocycles. The molecule has 2 amide bonds. The van der Waals surface area contributed by atoms with E-state index in [9.17, 15) is 18.0 Å². The highest BCUT2D eigenvalue weighted by atomic mass is 32.2. The highest BCUT2D eigenvalue weighted by Crippen LogP contribution is 2.33. The van der Waals surface area contributed by atoms with Crippen molar-refractivity contribution in [1.82, 2.24) is 10.6 Å². The van der Waals surface area contributed by atoms with Gasteiger partial charge in [0.25, 0.3) is 0 Å². The maximum Gasteiger partial charge on any atom is 0.309 e. The average molecular weight is 441 g/mol. The molecule has 0 aromatic carbocycles. The molecule has 0 aliphatic rings. The lowest BCUT2D eigenvalue weighted by Crippen LogP contribution is -2.41. The van der Waals surface area contributed by atoms with Gasteiger partial charge in [-0.25, -0.2) is 8.42 Å². The summed E-state index contributed by atoms with van der Waals surface area (Å²) in [6.45, 7) is 0.0811. The van der Waals surface area contributed by atoms with Crippen molar-refractivity contribution in [3.05, 3.63) is 62.3 Å². The Morgan fingerprint density at radius 1 is 0.889 bits per heavy atom. The molecule has 0 spiro atoms. The molecule has 0 aliphatic heterocycles. The molecule has 3 heterocycles. The molecule has 142 valence electrons. The van der Waals surface area contributed by atoms with Gasteiger partial charge in [0.15, 0.2) is 9.84 Å². The van der Waals surface area contributed by atoms with Gasteiger partial charge in [0.05, 0.1) is 6.54 Å². The van der Waals surface area contributed by atoms with Gasteiger partial charge in [-0.3, -0.25) is 9.59 Å². The van der Waals surface area contributed by atoms with Gasteiger partial charge in [-0.05, 0) is 34.3 Å². The van der Waals surface area contributed by atoms with E-state index in [-0.39, 0.29) is 17.3 Å². The summed E-state index contributed by atoms with van der Waals surface area (Å²) in [7, 11) is -3.67. The molecule has 0 aliphatic carbocycles. The third-order valence-corrected chi connectivity index (χ3v) is 9.19. The van der Waals surface area contributed by atoms with Gasteiger partial charge in [-0.1, -0.05) is 18.2 Å². The number of carbonyl (C=O) groups excluding carboxylic acids is 2. The molecule has 2 N–H and O–H groups in total. The summed E-state index contributed by atoms with van der Waals surface area (Å²) in [4.78, 5) is 25.6. The number of amides is 2. The zero-order chi connectivity index (χ0) is 19.3. The third-order valence-electron chi connectivity index (χ3n) is 3.67. The van der Waals surface area contributed by atoms with Crippen LogP contribution in [0.2, 0.25) is 0 Å². The van der Waals surface area contributed by atoms with Crippen LogP contribution in [0.3, 0.4) is 0 Å². The van der Waals surface area contributed by atoms with Crippen LogP contribution >= 0.6 is 34.0 Å². The second kappa shape index (κ2) is 8.79. The standard InChI is InChI=1S/C17H16N2O4S4/c20-16(18-10-12-4-1-7-24-12)17(21)19-11-14(13-5-2-8-25-13)27(22,23)15-6-3-9-26-15/h1-9,14H,10-11H2,(H,18,20)(H,19,21). The number of hydrogen-bond donors (Lipinski definition) is 2. The van der Waals surface area contributed by atoms with Gasteiger partial charge in [0.1, 0.15) is 9.46 Å². The van der Waals surface area contributed by atoms with E-state index in [1.54, 1.807) is 29.0 Å². The fourth-order valence-corrected chi connectivity index (χ4v) is 6.96. The SMILES string of the molecule is O=C(NCc1cccs1)C(=O)NCC(c1cccs1)S(=O)(=O)c1cccs1. The first kappa shape index (κ1) is 19.7. The van der Waals surface area contributed by atoms with Gasteiger partial charge < -0.3 is 10.6 Å². The van der Waals surface area contributed by atoms with Crippen LogP contribution in [-0.4, -0.2) is 26.8 Å². The Kier molecular flexibility index (Phi) is 6.42. The predicted molar refractivity (Wildman–Crippen MR) is 108 cm³/mol. The minimum atomic E-state index is -3.67. The van der Waals surface area contributed by atoms with Crippen LogP contribution in [0.4, 0.5) is 0 Å². The fourth-order valence-electron chi connectivity index (χ4n) is 2.33. The Morgan fingerprint density at radius 2 is 1.56 bits per heavy atom. The largest absolute Gasteiger partial charge is 0.346 e. The fraction of sp³-hybridized carbons (Fsp3) is 0.176. The maximum atomic E-state index is 12.9. The molecular weight excluding hydrogens is 424 g/mol. The summed E-state index contributed by atoms with van der Waals surface area (Å²) in [5.74, 6) is -1.64. The molecule has 3 aromatic rings. The van der Waals surface area contributed by atoms with Crippen LogP contribution in [0.15, 0.2) is 56.7 Å². The number of nitrogens with one attached hydrogen (secondary N) is 2. The number of carbonyl (C=O) groups is 2. The van der Waals surface area contributed by atoms with E-state index in [2.05, 4.69) is 10.6 Å². The zero-order valence-electron chi connectivity index (χ0n) is 14.0. The molecule has 10 heteroatoms. The van der Waals surface area contributed by atoms with Gasteiger partial charge in [0, 0.05) is 16.3 Å². The van der Waals surface area contributed by atoms with E-state index < -0.39 is 26.9 Å². The lowest BCUT2D eigenvalue weighted by atomic mass is 10.3. The Bertz CT molecular complexity index is 978. The van der Waals surface area contributed by atoms with Crippen LogP contribution < -0.4 is 10.6 Å². The second-order valence-corrected chi connectivity index (χ2v) is 10.8. The predicted octanol–water partition coefficient (Wildman–Crippen LogP) is 2.82. The topological polar surface area (TPSA) is 92.3 Å². The minimum absolute atomic E-state index is 0.175.